The number of hydrogen-bond acceptors (Lipinski definition) is 3. The lowest BCUT2D eigenvalue weighted by Crippen LogP contribution is -1.94. The van der Waals surface area contributed by atoms with Gasteiger partial charge in [-0.3, -0.25) is 0 Å². The van der Waals surface area contributed by atoms with Gasteiger partial charge in [0, 0.05) is 10.0 Å². The maximum absolute atomic E-state index is 12.9. The quantitative estimate of drug-likeness (QED) is 0.919. The number of carboxylic acids is 1. The molecule has 0 aliphatic carbocycles. The number of aromatic nitrogens is 1. The molecular weight excluding hydrogens is 309 g/mol. The maximum atomic E-state index is 12.9. The van der Waals surface area contributed by atoms with Crippen LogP contribution in [-0.2, 0) is 0 Å². The first-order valence-electron chi connectivity index (χ1n) is 4.65. The Bertz CT molecular complexity index is 597. The summed E-state index contributed by atoms with van der Waals surface area (Å²) in [5.74, 6) is -1.35. The molecule has 0 spiro atoms. The molecule has 2 aromatic rings. The van der Waals surface area contributed by atoms with Crippen LogP contribution in [0.5, 0.6) is 0 Å². The summed E-state index contributed by atoms with van der Waals surface area (Å²) in [4.78, 5) is 15.3. The molecule has 0 saturated carbocycles. The monoisotopic (exact) mass is 315 g/mol. The Labute approximate surface area is 109 Å². The summed E-state index contributed by atoms with van der Waals surface area (Å²) in [5.41, 5.74) is 1.15. The number of aromatic carboxylic acids is 1. The van der Waals surface area contributed by atoms with E-state index < -0.39 is 5.97 Å². The van der Waals surface area contributed by atoms with Crippen molar-refractivity contribution >= 4 is 33.2 Å². The van der Waals surface area contributed by atoms with Gasteiger partial charge < -0.3 is 5.11 Å². The second-order valence-corrected chi connectivity index (χ2v) is 5.22. The topological polar surface area (TPSA) is 50.2 Å². The Hall–Kier alpha value is -1.27. The molecule has 3 nitrogen and oxygen atoms in total. The minimum Gasteiger partial charge on any atom is -0.477 e. The van der Waals surface area contributed by atoms with E-state index in [0.717, 1.165) is 11.3 Å². The number of halogens is 2. The highest BCUT2D eigenvalue weighted by molar-refractivity contribution is 9.10. The van der Waals surface area contributed by atoms with E-state index in [1.807, 2.05) is 0 Å². The normalized spacial score (nSPS) is 10.5. The molecule has 1 aromatic heterocycles. The predicted molar refractivity (Wildman–Crippen MR) is 66.9 cm³/mol. The summed E-state index contributed by atoms with van der Waals surface area (Å²) in [7, 11) is 0. The van der Waals surface area contributed by atoms with Crippen molar-refractivity contribution in [2.75, 3.05) is 0 Å². The number of aryl methyl sites for hydroxylation is 1. The molecule has 88 valence electrons. The molecule has 0 fully saturated rings. The van der Waals surface area contributed by atoms with E-state index in [1.165, 1.54) is 12.1 Å². The summed E-state index contributed by atoms with van der Waals surface area (Å²) >= 11 is 4.31. The third kappa shape index (κ3) is 2.37. The van der Waals surface area contributed by atoms with Crippen molar-refractivity contribution in [3.63, 3.8) is 0 Å². The first-order valence-corrected chi connectivity index (χ1v) is 6.26. The number of nitrogens with zero attached hydrogens (tertiary/aromatic N) is 1. The highest BCUT2D eigenvalue weighted by Gasteiger charge is 2.16. The first kappa shape index (κ1) is 12.2. The van der Waals surface area contributed by atoms with Crippen LogP contribution in [0.4, 0.5) is 4.39 Å². The molecule has 0 unspecified atom stereocenters. The Kier molecular flexibility index (Phi) is 3.26. The molecule has 0 saturated heterocycles. The second-order valence-electron chi connectivity index (χ2n) is 3.36. The molecule has 1 heterocycles. The highest BCUT2D eigenvalue weighted by Crippen LogP contribution is 2.33. The Morgan fingerprint density at radius 2 is 2.24 bits per heavy atom. The molecular formula is C11H7BrFNO2S. The van der Waals surface area contributed by atoms with Crippen molar-refractivity contribution in [1.82, 2.24) is 4.98 Å². The minimum atomic E-state index is -0.996. The average molecular weight is 316 g/mol. The number of benzene rings is 1. The van der Waals surface area contributed by atoms with Crippen LogP contribution in [-0.4, -0.2) is 16.1 Å². The standard InChI is InChI=1S/C11H7BrFNO2S/c1-5-9(11(15)16)17-10(14-5)7-3-2-6(13)4-8(7)12/h2-4H,1H3,(H,15,16). The Balaban J connectivity index is 2.53. The van der Waals surface area contributed by atoms with Crippen LogP contribution < -0.4 is 0 Å². The van der Waals surface area contributed by atoms with Crippen LogP contribution in [0.1, 0.15) is 15.4 Å². The average Bonchev–Trinajstić information content (AvgIpc) is 2.60. The van der Waals surface area contributed by atoms with Gasteiger partial charge in [0.05, 0.1) is 5.69 Å². The molecule has 0 amide bonds. The van der Waals surface area contributed by atoms with Gasteiger partial charge in [0.2, 0.25) is 0 Å². The molecule has 1 N–H and O–H groups in total. The number of carboxylic acid groups (broad SMARTS) is 1. The lowest BCUT2D eigenvalue weighted by atomic mass is 10.2. The summed E-state index contributed by atoms with van der Waals surface area (Å²) in [5, 5.41) is 9.50. The van der Waals surface area contributed by atoms with Gasteiger partial charge in [-0.05, 0) is 41.1 Å². The van der Waals surface area contributed by atoms with E-state index in [9.17, 15) is 9.18 Å². The van der Waals surface area contributed by atoms with E-state index in [4.69, 9.17) is 5.11 Å². The number of carbonyl (C=O) groups is 1. The molecule has 0 radical (unpaired) electrons. The predicted octanol–water partition coefficient (Wildman–Crippen LogP) is 3.72. The van der Waals surface area contributed by atoms with Crippen molar-refractivity contribution in [3.8, 4) is 10.6 Å². The third-order valence-corrected chi connectivity index (χ3v) is 3.99. The number of hydrogen-bond donors (Lipinski definition) is 1. The lowest BCUT2D eigenvalue weighted by molar-refractivity contribution is 0.0701. The van der Waals surface area contributed by atoms with Crippen molar-refractivity contribution in [2.45, 2.75) is 6.92 Å². The summed E-state index contributed by atoms with van der Waals surface area (Å²) in [6.07, 6.45) is 0. The van der Waals surface area contributed by atoms with Crippen LogP contribution in [0.2, 0.25) is 0 Å². The smallest absolute Gasteiger partial charge is 0.347 e. The molecule has 0 atom stereocenters. The largest absolute Gasteiger partial charge is 0.477 e. The van der Waals surface area contributed by atoms with Gasteiger partial charge >= 0.3 is 5.97 Å². The maximum Gasteiger partial charge on any atom is 0.347 e. The zero-order valence-electron chi connectivity index (χ0n) is 8.70. The van der Waals surface area contributed by atoms with Crippen LogP contribution in [0.15, 0.2) is 22.7 Å². The van der Waals surface area contributed by atoms with Crippen molar-refractivity contribution < 1.29 is 14.3 Å². The fourth-order valence-electron chi connectivity index (χ4n) is 1.37. The summed E-state index contributed by atoms with van der Waals surface area (Å²) < 4.78 is 13.5. The highest BCUT2D eigenvalue weighted by atomic mass is 79.9. The first-order chi connectivity index (χ1) is 7.99. The molecule has 0 aliphatic rings. The van der Waals surface area contributed by atoms with Gasteiger partial charge in [0.1, 0.15) is 15.7 Å². The van der Waals surface area contributed by atoms with Crippen LogP contribution >= 0.6 is 27.3 Å². The van der Waals surface area contributed by atoms with E-state index in [-0.39, 0.29) is 10.7 Å². The third-order valence-electron chi connectivity index (χ3n) is 2.15. The fourth-order valence-corrected chi connectivity index (χ4v) is 2.99. The number of thiazole rings is 1. The van der Waals surface area contributed by atoms with Crippen molar-refractivity contribution in [2.24, 2.45) is 0 Å². The van der Waals surface area contributed by atoms with Crippen molar-refractivity contribution in [1.29, 1.82) is 0 Å². The van der Waals surface area contributed by atoms with Crippen LogP contribution in [0.25, 0.3) is 10.6 Å². The van der Waals surface area contributed by atoms with E-state index in [2.05, 4.69) is 20.9 Å². The molecule has 2 rings (SSSR count). The number of rotatable bonds is 2. The van der Waals surface area contributed by atoms with Gasteiger partial charge in [0.15, 0.2) is 0 Å². The summed E-state index contributed by atoms with van der Waals surface area (Å²) in [6.45, 7) is 1.64. The molecule has 6 heteroatoms. The SMILES string of the molecule is Cc1nc(-c2ccc(F)cc2Br)sc1C(=O)O. The van der Waals surface area contributed by atoms with E-state index in [1.54, 1.807) is 13.0 Å². The van der Waals surface area contributed by atoms with E-state index >= 15 is 0 Å². The molecule has 0 aliphatic heterocycles. The zero-order chi connectivity index (χ0) is 12.6. The van der Waals surface area contributed by atoms with Gasteiger partial charge in [-0.15, -0.1) is 11.3 Å². The van der Waals surface area contributed by atoms with Crippen molar-refractivity contribution in [3.05, 3.63) is 39.1 Å². The molecule has 1 aromatic carbocycles. The lowest BCUT2D eigenvalue weighted by Gasteiger charge is -1.99. The van der Waals surface area contributed by atoms with Gasteiger partial charge in [-0.1, -0.05) is 0 Å². The molecule has 17 heavy (non-hydrogen) atoms. The van der Waals surface area contributed by atoms with Gasteiger partial charge in [-0.2, -0.15) is 0 Å². The fraction of sp³-hybridized carbons (Fsp3) is 0.0909. The Morgan fingerprint density at radius 1 is 1.53 bits per heavy atom. The molecule has 0 bridgehead atoms. The Morgan fingerprint density at radius 3 is 2.76 bits per heavy atom. The van der Waals surface area contributed by atoms with E-state index in [0.29, 0.717) is 20.7 Å². The summed E-state index contributed by atoms with van der Waals surface area (Å²) in [6, 6.07) is 4.22. The second kappa shape index (κ2) is 4.54. The van der Waals surface area contributed by atoms with Gasteiger partial charge in [0.25, 0.3) is 0 Å². The van der Waals surface area contributed by atoms with Gasteiger partial charge in [-0.25, -0.2) is 14.2 Å². The van der Waals surface area contributed by atoms with Crippen LogP contribution in [0.3, 0.4) is 0 Å². The van der Waals surface area contributed by atoms with Crippen LogP contribution in [0, 0.1) is 12.7 Å². The minimum absolute atomic E-state index is 0.205. The zero-order valence-corrected chi connectivity index (χ0v) is 11.1.